The van der Waals surface area contributed by atoms with E-state index in [-0.39, 0.29) is 5.91 Å². The summed E-state index contributed by atoms with van der Waals surface area (Å²) in [4.78, 5) is 13.4. The maximum absolute atomic E-state index is 11.0. The Labute approximate surface area is 122 Å². The molecule has 7 nitrogen and oxygen atoms in total. The van der Waals surface area contributed by atoms with E-state index < -0.39 is 0 Å². The van der Waals surface area contributed by atoms with Crippen LogP contribution in [0.3, 0.4) is 0 Å². The Bertz CT molecular complexity index is 633. The lowest BCUT2D eigenvalue weighted by Gasteiger charge is -2.14. The van der Waals surface area contributed by atoms with Crippen molar-refractivity contribution in [2.45, 2.75) is 32.9 Å². The molecular weight excluding hydrogens is 270 g/mol. The number of aryl methyl sites for hydroxylation is 1. The van der Waals surface area contributed by atoms with Crippen LogP contribution in [0.4, 0.5) is 5.82 Å². The van der Waals surface area contributed by atoms with Gasteiger partial charge in [0.25, 0.3) is 0 Å². The van der Waals surface area contributed by atoms with Gasteiger partial charge in [-0.3, -0.25) is 14.4 Å². The van der Waals surface area contributed by atoms with Gasteiger partial charge in [-0.1, -0.05) is 5.16 Å². The van der Waals surface area contributed by atoms with E-state index in [0.717, 1.165) is 37.5 Å². The van der Waals surface area contributed by atoms with Crippen molar-refractivity contribution >= 4 is 11.7 Å². The summed E-state index contributed by atoms with van der Waals surface area (Å²) in [5, 5.41) is 11.1. The molecule has 0 radical (unpaired) electrons. The Morgan fingerprint density at radius 3 is 3.14 bits per heavy atom. The number of nitrogens with one attached hydrogen (secondary N) is 1. The van der Waals surface area contributed by atoms with Gasteiger partial charge >= 0.3 is 0 Å². The van der Waals surface area contributed by atoms with Crippen LogP contribution in [0, 0.1) is 6.92 Å². The molecule has 7 heteroatoms. The van der Waals surface area contributed by atoms with Crippen molar-refractivity contribution in [1.82, 2.24) is 19.8 Å². The number of amides is 1. The predicted molar refractivity (Wildman–Crippen MR) is 76.7 cm³/mol. The third-order valence-electron chi connectivity index (χ3n) is 3.60. The molecule has 0 unspecified atom stereocenters. The molecule has 0 saturated carbocycles. The zero-order valence-electron chi connectivity index (χ0n) is 12.2. The summed E-state index contributed by atoms with van der Waals surface area (Å²) in [6.07, 6.45) is 2.96. The molecule has 3 heterocycles. The molecule has 0 aromatic carbocycles. The zero-order valence-corrected chi connectivity index (χ0v) is 12.2. The molecule has 2 aromatic heterocycles. The molecule has 1 fully saturated rings. The average molecular weight is 289 g/mol. The molecule has 1 aliphatic heterocycles. The van der Waals surface area contributed by atoms with Gasteiger partial charge in [-0.05, 0) is 13.3 Å². The Morgan fingerprint density at radius 2 is 2.43 bits per heavy atom. The number of carbonyl (C=O) groups excluding carboxylic acids is 1. The zero-order chi connectivity index (χ0) is 14.8. The summed E-state index contributed by atoms with van der Waals surface area (Å²) >= 11 is 0. The summed E-state index contributed by atoms with van der Waals surface area (Å²) in [7, 11) is 0. The van der Waals surface area contributed by atoms with Crippen LogP contribution in [0.2, 0.25) is 0 Å². The van der Waals surface area contributed by atoms with E-state index in [2.05, 4.69) is 20.5 Å². The maximum Gasteiger partial charge on any atom is 0.222 e. The number of aromatic nitrogens is 3. The molecule has 1 N–H and O–H groups in total. The van der Waals surface area contributed by atoms with E-state index >= 15 is 0 Å². The van der Waals surface area contributed by atoms with Crippen molar-refractivity contribution in [2.24, 2.45) is 0 Å². The van der Waals surface area contributed by atoms with Crippen molar-refractivity contribution < 1.29 is 9.32 Å². The lowest BCUT2D eigenvalue weighted by atomic mass is 10.3. The molecule has 112 valence electrons. The third-order valence-corrected chi connectivity index (χ3v) is 3.60. The number of hydrogen-bond acceptors (Lipinski definition) is 5. The molecule has 1 aliphatic rings. The van der Waals surface area contributed by atoms with E-state index in [9.17, 15) is 4.79 Å². The van der Waals surface area contributed by atoms with Crippen molar-refractivity contribution in [3.8, 4) is 0 Å². The highest BCUT2D eigenvalue weighted by atomic mass is 16.5. The monoisotopic (exact) mass is 289 g/mol. The number of anilines is 1. The molecule has 0 aliphatic carbocycles. The van der Waals surface area contributed by atoms with Crippen LogP contribution in [-0.4, -0.2) is 38.8 Å². The van der Waals surface area contributed by atoms with Crippen LogP contribution in [0.1, 0.15) is 30.8 Å². The van der Waals surface area contributed by atoms with Gasteiger partial charge < -0.3 is 9.84 Å². The number of likely N-dealkylation sites (tertiary alicyclic amines) is 1. The smallest absolute Gasteiger partial charge is 0.222 e. The Hall–Kier alpha value is -2.15. The van der Waals surface area contributed by atoms with Crippen LogP contribution in [-0.2, 0) is 11.3 Å². The Balaban J connectivity index is 1.58. The van der Waals surface area contributed by atoms with E-state index in [1.165, 1.54) is 6.92 Å². The second kappa shape index (κ2) is 5.69. The SMILES string of the molecule is CC(=O)Nc1ccn([C@@H]2CCN(Cc3cc(C)on3)C2)n1. The van der Waals surface area contributed by atoms with Crippen LogP contribution in [0.5, 0.6) is 0 Å². The van der Waals surface area contributed by atoms with Crippen LogP contribution in [0.25, 0.3) is 0 Å². The van der Waals surface area contributed by atoms with Gasteiger partial charge in [0.15, 0.2) is 5.82 Å². The fraction of sp³-hybridized carbons (Fsp3) is 0.500. The fourth-order valence-corrected chi connectivity index (χ4v) is 2.68. The van der Waals surface area contributed by atoms with Crippen LogP contribution < -0.4 is 5.32 Å². The summed E-state index contributed by atoms with van der Waals surface area (Å²) < 4.78 is 7.02. The fourth-order valence-electron chi connectivity index (χ4n) is 2.68. The number of hydrogen-bond donors (Lipinski definition) is 1. The third kappa shape index (κ3) is 3.30. The quantitative estimate of drug-likeness (QED) is 0.925. The van der Waals surface area contributed by atoms with Gasteiger partial charge in [0.1, 0.15) is 5.76 Å². The molecule has 1 atom stereocenters. The molecule has 1 amide bonds. The lowest BCUT2D eigenvalue weighted by molar-refractivity contribution is -0.114. The molecule has 2 aromatic rings. The molecule has 0 spiro atoms. The van der Waals surface area contributed by atoms with Gasteiger partial charge in [-0.15, -0.1) is 0 Å². The molecule has 21 heavy (non-hydrogen) atoms. The molecule has 3 rings (SSSR count). The minimum atomic E-state index is -0.102. The number of rotatable bonds is 4. The first-order chi connectivity index (χ1) is 10.1. The second-order valence-corrected chi connectivity index (χ2v) is 5.47. The van der Waals surface area contributed by atoms with E-state index in [0.29, 0.717) is 11.9 Å². The van der Waals surface area contributed by atoms with Crippen LogP contribution in [0.15, 0.2) is 22.9 Å². The lowest BCUT2D eigenvalue weighted by Crippen LogP contribution is -2.21. The molecule has 0 bridgehead atoms. The molecule has 1 saturated heterocycles. The van der Waals surface area contributed by atoms with E-state index in [1.54, 1.807) is 0 Å². The normalized spacial score (nSPS) is 19.0. The maximum atomic E-state index is 11.0. The summed E-state index contributed by atoms with van der Waals surface area (Å²) in [6.45, 7) is 6.11. The van der Waals surface area contributed by atoms with Gasteiger partial charge in [-0.25, -0.2) is 0 Å². The number of nitrogens with zero attached hydrogens (tertiary/aromatic N) is 4. The highest BCUT2D eigenvalue weighted by molar-refractivity contribution is 5.87. The van der Waals surface area contributed by atoms with E-state index in [1.807, 2.05) is 29.9 Å². The predicted octanol–water partition coefficient (Wildman–Crippen LogP) is 1.58. The van der Waals surface area contributed by atoms with Gasteiger partial charge in [0, 0.05) is 44.9 Å². The largest absolute Gasteiger partial charge is 0.361 e. The molecular formula is C14H19N5O2. The minimum Gasteiger partial charge on any atom is -0.361 e. The second-order valence-electron chi connectivity index (χ2n) is 5.47. The van der Waals surface area contributed by atoms with Gasteiger partial charge in [0.2, 0.25) is 5.91 Å². The first-order valence-corrected chi connectivity index (χ1v) is 7.07. The minimum absolute atomic E-state index is 0.102. The summed E-state index contributed by atoms with van der Waals surface area (Å²) in [5.41, 5.74) is 0.965. The average Bonchev–Trinajstić information content (AvgIpc) is 3.11. The first-order valence-electron chi connectivity index (χ1n) is 7.07. The summed E-state index contributed by atoms with van der Waals surface area (Å²) in [6, 6.07) is 4.13. The van der Waals surface area contributed by atoms with Gasteiger partial charge in [0.05, 0.1) is 11.7 Å². The highest BCUT2D eigenvalue weighted by Crippen LogP contribution is 2.23. The van der Waals surface area contributed by atoms with Gasteiger partial charge in [-0.2, -0.15) is 5.10 Å². The summed E-state index contributed by atoms with van der Waals surface area (Å²) in [5.74, 6) is 1.34. The standard InChI is InChI=1S/C14H19N5O2/c1-10-7-12(17-21-10)8-18-5-3-13(9-18)19-6-4-14(16-19)15-11(2)20/h4,6-7,13H,3,5,8-9H2,1-2H3,(H,15,16,20)/t13-/m1/s1. The van der Waals surface area contributed by atoms with Crippen molar-refractivity contribution in [3.63, 3.8) is 0 Å². The van der Waals surface area contributed by atoms with E-state index in [4.69, 9.17) is 4.52 Å². The topological polar surface area (TPSA) is 76.2 Å². The van der Waals surface area contributed by atoms with Crippen LogP contribution >= 0.6 is 0 Å². The Kier molecular flexibility index (Phi) is 3.74. The number of carbonyl (C=O) groups is 1. The highest BCUT2D eigenvalue weighted by Gasteiger charge is 2.25. The van der Waals surface area contributed by atoms with Crippen molar-refractivity contribution in [3.05, 3.63) is 29.8 Å². The first kappa shape index (κ1) is 13.8. The van der Waals surface area contributed by atoms with Crippen molar-refractivity contribution in [2.75, 3.05) is 18.4 Å². The van der Waals surface area contributed by atoms with Crippen molar-refractivity contribution in [1.29, 1.82) is 0 Å². The Morgan fingerprint density at radius 1 is 1.57 bits per heavy atom.